The van der Waals surface area contributed by atoms with Crippen molar-refractivity contribution in [3.05, 3.63) is 46.2 Å². The molecule has 1 fully saturated rings. The van der Waals surface area contributed by atoms with Crippen molar-refractivity contribution >= 4 is 11.3 Å². The molecule has 1 atom stereocenters. The van der Waals surface area contributed by atoms with Crippen molar-refractivity contribution in [1.82, 2.24) is 9.80 Å². The van der Waals surface area contributed by atoms with Crippen LogP contribution in [-0.4, -0.2) is 67.1 Å². The van der Waals surface area contributed by atoms with Gasteiger partial charge in [0.2, 0.25) is 6.79 Å². The van der Waals surface area contributed by atoms with E-state index >= 15 is 0 Å². The highest BCUT2D eigenvalue weighted by Gasteiger charge is 2.20. The third-order valence-electron chi connectivity index (χ3n) is 4.91. The van der Waals surface area contributed by atoms with Crippen LogP contribution in [0.1, 0.15) is 10.4 Å². The molecule has 27 heavy (non-hydrogen) atoms. The molecule has 1 aromatic carbocycles. The van der Waals surface area contributed by atoms with Gasteiger partial charge < -0.3 is 19.3 Å². The zero-order valence-electron chi connectivity index (χ0n) is 15.4. The first kappa shape index (κ1) is 18.7. The second kappa shape index (κ2) is 9.03. The Morgan fingerprint density at radius 1 is 1.07 bits per heavy atom. The van der Waals surface area contributed by atoms with E-state index in [1.54, 1.807) is 11.3 Å². The van der Waals surface area contributed by atoms with Gasteiger partial charge in [0.15, 0.2) is 11.5 Å². The number of benzene rings is 1. The minimum absolute atomic E-state index is 0.316. The number of aliphatic hydroxyl groups is 1. The van der Waals surface area contributed by atoms with Gasteiger partial charge in [0.05, 0.1) is 19.3 Å². The molecule has 0 unspecified atom stereocenters. The summed E-state index contributed by atoms with van der Waals surface area (Å²) < 4.78 is 16.4. The van der Waals surface area contributed by atoms with Crippen LogP contribution in [0, 0.1) is 0 Å². The van der Waals surface area contributed by atoms with E-state index in [0.29, 0.717) is 26.6 Å². The summed E-state index contributed by atoms with van der Waals surface area (Å²) in [5.74, 6) is 1.68. The Balaban J connectivity index is 1.15. The smallest absolute Gasteiger partial charge is 0.231 e. The predicted molar refractivity (Wildman–Crippen MR) is 104 cm³/mol. The fraction of sp³-hybridized carbons (Fsp3) is 0.500. The number of β-amino-alcohol motifs (C(OH)–C–C–N with tert-alkyl or cyclic N) is 1. The molecule has 4 rings (SSSR count). The highest BCUT2D eigenvalue weighted by atomic mass is 32.1. The molecule has 1 saturated heterocycles. The molecule has 3 heterocycles. The largest absolute Gasteiger partial charge is 0.454 e. The van der Waals surface area contributed by atoms with Gasteiger partial charge in [0.25, 0.3) is 0 Å². The molecule has 2 aliphatic heterocycles. The summed E-state index contributed by atoms with van der Waals surface area (Å²) in [4.78, 5) is 5.95. The number of aliphatic hydroxyl groups excluding tert-OH is 1. The predicted octanol–water partition coefficient (Wildman–Crippen LogP) is 2.17. The van der Waals surface area contributed by atoms with Crippen molar-refractivity contribution < 1.29 is 19.3 Å². The number of hydrogen-bond donors (Lipinski definition) is 1. The van der Waals surface area contributed by atoms with Crippen LogP contribution in [0.25, 0.3) is 0 Å². The molecule has 0 bridgehead atoms. The summed E-state index contributed by atoms with van der Waals surface area (Å²) in [5, 5.41) is 12.3. The molecule has 0 aliphatic carbocycles. The van der Waals surface area contributed by atoms with Gasteiger partial charge in [0, 0.05) is 44.1 Å². The molecule has 6 nitrogen and oxygen atoms in total. The second-order valence-electron chi connectivity index (χ2n) is 7.01. The molecule has 1 aromatic heterocycles. The molecule has 1 N–H and O–H groups in total. The Kier molecular flexibility index (Phi) is 6.26. The normalized spacial score (nSPS) is 18.7. The van der Waals surface area contributed by atoms with E-state index in [0.717, 1.165) is 44.2 Å². The topological polar surface area (TPSA) is 54.4 Å². The summed E-state index contributed by atoms with van der Waals surface area (Å²) in [7, 11) is 0. The van der Waals surface area contributed by atoms with Crippen molar-refractivity contribution in [3.8, 4) is 11.5 Å². The van der Waals surface area contributed by atoms with Crippen LogP contribution in [0.3, 0.4) is 0 Å². The Morgan fingerprint density at radius 3 is 2.70 bits per heavy atom. The lowest BCUT2D eigenvalue weighted by Crippen LogP contribution is -2.48. The molecular formula is C20H26N2O4S. The molecule has 7 heteroatoms. The maximum Gasteiger partial charge on any atom is 0.231 e. The van der Waals surface area contributed by atoms with Gasteiger partial charge in [-0.2, -0.15) is 0 Å². The van der Waals surface area contributed by atoms with E-state index in [-0.39, 0.29) is 0 Å². The zero-order valence-corrected chi connectivity index (χ0v) is 16.2. The SMILES string of the molecule is O[C@@H](COCc1cccs1)CN1CCN(Cc2ccc3c(c2)OCO3)CC1. The number of ether oxygens (including phenoxy) is 3. The number of hydrogen-bond acceptors (Lipinski definition) is 7. The number of nitrogens with zero attached hydrogens (tertiary/aromatic N) is 2. The fourth-order valence-electron chi connectivity index (χ4n) is 3.47. The van der Waals surface area contributed by atoms with E-state index in [4.69, 9.17) is 14.2 Å². The van der Waals surface area contributed by atoms with Gasteiger partial charge in [-0.25, -0.2) is 0 Å². The molecule has 0 saturated carbocycles. The number of thiophene rings is 1. The van der Waals surface area contributed by atoms with Crippen molar-refractivity contribution in [2.75, 3.05) is 46.1 Å². The Morgan fingerprint density at radius 2 is 1.89 bits per heavy atom. The first-order chi connectivity index (χ1) is 13.3. The van der Waals surface area contributed by atoms with Crippen LogP contribution < -0.4 is 9.47 Å². The van der Waals surface area contributed by atoms with Crippen LogP contribution in [0.2, 0.25) is 0 Å². The summed E-state index contributed by atoms with van der Waals surface area (Å²) in [6.07, 6.45) is -0.439. The van der Waals surface area contributed by atoms with Gasteiger partial charge in [0.1, 0.15) is 0 Å². The number of piperazine rings is 1. The monoisotopic (exact) mass is 390 g/mol. The van der Waals surface area contributed by atoms with Crippen LogP contribution in [0.4, 0.5) is 0 Å². The van der Waals surface area contributed by atoms with E-state index in [2.05, 4.69) is 28.0 Å². The second-order valence-corrected chi connectivity index (χ2v) is 8.04. The molecule has 0 radical (unpaired) electrons. The fourth-order valence-corrected chi connectivity index (χ4v) is 4.11. The zero-order chi connectivity index (χ0) is 18.5. The highest BCUT2D eigenvalue weighted by molar-refractivity contribution is 7.09. The van der Waals surface area contributed by atoms with Gasteiger partial charge in [-0.1, -0.05) is 12.1 Å². The quantitative estimate of drug-likeness (QED) is 0.746. The summed E-state index contributed by atoms with van der Waals surface area (Å²) >= 11 is 1.68. The van der Waals surface area contributed by atoms with E-state index in [9.17, 15) is 5.11 Å². The average Bonchev–Trinajstić information content (AvgIpc) is 3.34. The average molecular weight is 391 g/mol. The lowest BCUT2D eigenvalue weighted by molar-refractivity contribution is 0.00152. The van der Waals surface area contributed by atoms with Crippen LogP contribution >= 0.6 is 11.3 Å². The van der Waals surface area contributed by atoms with Crippen molar-refractivity contribution in [1.29, 1.82) is 0 Å². The van der Waals surface area contributed by atoms with E-state index in [1.807, 2.05) is 17.5 Å². The minimum Gasteiger partial charge on any atom is -0.454 e. The Hall–Kier alpha value is -1.64. The summed E-state index contributed by atoms with van der Waals surface area (Å²) in [6.45, 7) is 6.79. The Bertz CT molecular complexity index is 717. The maximum absolute atomic E-state index is 10.2. The summed E-state index contributed by atoms with van der Waals surface area (Å²) in [6, 6.07) is 10.2. The number of fused-ring (bicyclic) bond motifs is 1. The number of rotatable bonds is 8. The minimum atomic E-state index is -0.439. The molecule has 2 aromatic rings. The first-order valence-corrected chi connectivity index (χ1v) is 10.3. The maximum atomic E-state index is 10.2. The van der Waals surface area contributed by atoms with E-state index < -0.39 is 6.10 Å². The molecule has 146 valence electrons. The summed E-state index contributed by atoms with van der Waals surface area (Å²) in [5.41, 5.74) is 1.25. The van der Waals surface area contributed by atoms with Gasteiger partial charge in [-0.3, -0.25) is 9.80 Å². The van der Waals surface area contributed by atoms with Crippen LogP contribution in [-0.2, 0) is 17.9 Å². The molecule has 0 amide bonds. The van der Waals surface area contributed by atoms with Gasteiger partial charge >= 0.3 is 0 Å². The standard InChI is InChI=1S/C20H26N2O4S/c23-17(13-24-14-18-2-1-9-27-18)12-22-7-5-21(6-8-22)11-16-3-4-19-20(10-16)26-15-25-19/h1-4,9-10,17,23H,5-8,11-15H2/t17-/m1/s1. The van der Waals surface area contributed by atoms with Crippen molar-refractivity contribution in [3.63, 3.8) is 0 Å². The third kappa shape index (κ3) is 5.21. The molecule has 0 spiro atoms. The molecular weight excluding hydrogens is 364 g/mol. The van der Waals surface area contributed by atoms with Crippen LogP contribution in [0.5, 0.6) is 11.5 Å². The van der Waals surface area contributed by atoms with Crippen molar-refractivity contribution in [2.45, 2.75) is 19.3 Å². The van der Waals surface area contributed by atoms with Gasteiger partial charge in [-0.15, -0.1) is 11.3 Å². The van der Waals surface area contributed by atoms with Crippen molar-refractivity contribution in [2.24, 2.45) is 0 Å². The van der Waals surface area contributed by atoms with E-state index in [1.165, 1.54) is 10.4 Å². The van der Waals surface area contributed by atoms with Crippen LogP contribution in [0.15, 0.2) is 35.7 Å². The first-order valence-electron chi connectivity index (χ1n) is 9.38. The lowest BCUT2D eigenvalue weighted by atomic mass is 10.1. The highest BCUT2D eigenvalue weighted by Crippen LogP contribution is 2.32. The Labute approximate surface area is 163 Å². The lowest BCUT2D eigenvalue weighted by Gasteiger charge is -2.35. The van der Waals surface area contributed by atoms with Gasteiger partial charge in [-0.05, 0) is 29.1 Å². The third-order valence-corrected chi connectivity index (χ3v) is 5.76. The molecule has 2 aliphatic rings.